The van der Waals surface area contributed by atoms with Crippen LogP contribution in [0, 0.1) is 0 Å². The van der Waals surface area contributed by atoms with Gasteiger partial charge in [0.05, 0.1) is 0 Å². The molecule has 114 valence electrons. The molecule has 0 unspecified atom stereocenters. The van der Waals surface area contributed by atoms with Crippen molar-refractivity contribution in [2.75, 3.05) is 0 Å². The van der Waals surface area contributed by atoms with E-state index in [1.54, 1.807) is 0 Å². The van der Waals surface area contributed by atoms with Crippen molar-refractivity contribution in [3.05, 3.63) is 12.2 Å². The number of carbonyl (C=O) groups excluding carboxylic acids is 3. The number of hydrogen-bond acceptors (Lipinski definition) is 3. The molecule has 0 rings (SSSR count). The number of rotatable bonds is 13. The Morgan fingerprint density at radius 2 is 1.25 bits per heavy atom. The van der Waals surface area contributed by atoms with E-state index in [1.165, 1.54) is 45.4 Å². The van der Waals surface area contributed by atoms with Crippen molar-refractivity contribution < 1.29 is 14.4 Å². The molecule has 3 nitrogen and oxygen atoms in total. The van der Waals surface area contributed by atoms with Crippen LogP contribution in [-0.2, 0) is 14.4 Å². The van der Waals surface area contributed by atoms with Crippen LogP contribution in [-0.4, -0.2) is 17.3 Å². The van der Waals surface area contributed by atoms with Crippen molar-refractivity contribution in [2.45, 2.75) is 78.1 Å². The molecule has 20 heavy (non-hydrogen) atoms. The standard InChI is InChI=1S/C17H28O3/c1-3-4-5-6-7-8-9-10-11-12-16(19)17(20)14-13-15(2)18/h13-14H,3-12H2,1-2H3/b14-13+. The lowest BCUT2D eigenvalue weighted by Crippen LogP contribution is -2.10. The van der Waals surface area contributed by atoms with Crippen molar-refractivity contribution in [3.63, 3.8) is 0 Å². The quantitative estimate of drug-likeness (QED) is 0.289. The number of unbranched alkanes of at least 4 members (excludes halogenated alkanes) is 8. The second kappa shape index (κ2) is 12.8. The van der Waals surface area contributed by atoms with Gasteiger partial charge in [0.15, 0.2) is 5.78 Å². The molecule has 0 bridgehead atoms. The maximum atomic E-state index is 11.5. The van der Waals surface area contributed by atoms with Gasteiger partial charge in [0.1, 0.15) is 0 Å². The van der Waals surface area contributed by atoms with Crippen LogP contribution in [0.15, 0.2) is 12.2 Å². The molecule has 3 heteroatoms. The first-order valence-electron chi connectivity index (χ1n) is 7.83. The predicted molar refractivity (Wildman–Crippen MR) is 81.7 cm³/mol. The summed E-state index contributed by atoms with van der Waals surface area (Å²) in [6.07, 6.45) is 13.2. The smallest absolute Gasteiger partial charge is 0.221 e. The fourth-order valence-corrected chi connectivity index (χ4v) is 2.01. The van der Waals surface area contributed by atoms with Gasteiger partial charge < -0.3 is 0 Å². The summed E-state index contributed by atoms with van der Waals surface area (Å²) < 4.78 is 0. The highest BCUT2D eigenvalue weighted by molar-refractivity contribution is 6.41. The Labute approximate surface area is 122 Å². The van der Waals surface area contributed by atoms with Gasteiger partial charge in [0.2, 0.25) is 11.6 Å². The average Bonchev–Trinajstić information content (AvgIpc) is 2.42. The van der Waals surface area contributed by atoms with E-state index in [4.69, 9.17) is 0 Å². The van der Waals surface area contributed by atoms with Gasteiger partial charge in [-0.25, -0.2) is 0 Å². The van der Waals surface area contributed by atoms with E-state index in [1.807, 2.05) is 0 Å². The van der Waals surface area contributed by atoms with E-state index in [9.17, 15) is 14.4 Å². The minimum absolute atomic E-state index is 0.214. The Balaban J connectivity index is 3.48. The maximum Gasteiger partial charge on any atom is 0.221 e. The van der Waals surface area contributed by atoms with E-state index in [-0.39, 0.29) is 11.6 Å². The zero-order chi connectivity index (χ0) is 15.2. The van der Waals surface area contributed by atoms with Gasteiger partial charge in [-0.05, 0) is 25.5 Å². The predicted octanol–water partition coefficient (Wildman–Crippen LogP) is 4.19. The van der Waals surface area contributed by atoms with Crippen LogP contribution in [0.1, 0.15) is 78.1 Å². The third kappa shape index (κ3) is 11.8. The Morgan fingerprint density at radius 1 is 0.750 bits per heavy atom. The molecule has 0 N–H and O–H groups in total. The molecule has 0 amide bonds. The van der Waals surface area contributed by atoms with Gasteiger partial charge in [-0.3, -0.25) is 14.4 Å². The minimum Gasteiger partial charge on any atom is -0.295 e. The number of Topliss-reactive ketones (excluding diaryl/α,β-unsaturated/α-hetero) is 1. The third-order valence-corrected chi connectivity index (χ3v) is 3.25. The number of hydrogen-bond donors (Lipinski definition) is 0. The van der Waals surface area contributed by atoms with Crippen LogP contribution < -0.4 is 0 Å². The summed E-state index contributed by atoms with van der Waals surface area (Å²) in [7, 11) is 0. The molecule has 0 fully saturated rings. The lowest BCUT2D eigenvalue weighted by Gasteiger charge is -2.01. The van der Waals surface area contributed by atoms with Gasteiger partial charge in [-0.15, -0.1) is 0 Å². The SMILES string of the molecule is CCCCCCCCCCCC(=O)C(=O)/C=C/C(C)=O. The highest BCUT2D eigenvalue weighted by atomic mass is 16.2. The minimum atomic E-state index is -0.556. The lowest BCUT2D eigenvalue weighted by molar-refractivity contribution is -0.133. The Kier molecular flexibility index (Phi) is 12.0. The zero-order valence-corrected chi connectivity index (χ0v) is 13.0. The topological polar surface area (TPSA) is 51.2 Å². The Bertz CT molecular complexity index is 329. The van der Waals surface area contributed by atoms with Crippen LogP contribution in [0.5, 0.6) is 0 Å². The molecule has 0 saturated carbocycles. The first kappa shape index (κ1) is 18.8. The van der Waals surface area contributed by atoms with Gasteiger partial charge in [0, 0.05) is 6.42 Å². The second-order valence-electron chi connectivity index (χ2n) is 5.31. The van der Waals surface area contributed by atoms with Crippen molar-refractivity contribution >= 4 is 17.3 Å². The summed E-state index contributed by atoms with van der Waals surface area (Å²) in [5.74, 6) is -1.15. The van der Waals surface area contributed by atoms with Crippen LogP contribution in [0.2, 0.25) is 0 Å². The lowest BCUT2D eigenvalue weighted by atomic mass is 10.0. The van der Waals surface area contributed by atoms with Crippen LogP contribution in [0.4, 0.5) is 0 Å². The maximum absolute atomic E-state index is 11.5. The number of ketones is 3. The fourth-order valence-electron chi connectivity index (χ4n) is 2.01. The van der Waals surface area contributed by atoms with Crippen molar-refractivity contribution in [3.8, 4) is 0 Å². The Hall–Kier alpha value is -1.25. The van der Waals surface area contributed by atoms with Gasteiger partial charge in [-0.1, -0.05) is 58.3 Å². The highest BCUT2D eigenvalue weighted by Crippen LogP contribution is 2.10. The van der Waals surface area contributed by atoms with Crippen molar-refractivity contribution in [1.29, 1.82) is 0 Å². The molecule has 0 aromatic carbocycles. The molecule has 0 heterocycles. The molecule has 0 radical (unpaired) electrons. The van der Waals surface area contributed by atoms with Crippen LogP contribution in [0.25, 0.3) is 0 Å². The van der Waals surface area contributed by atoms with Crippen LogP contribution >= 0.6 is 0 Å². The molecular formula is C17H28O3. The molecule has 0 saturated heterocycles. The number of allylic oxidation sites excluding steroid dienone is 2. The van der Waals surface area contributed by atoms with Crippen molar-refractivity contribution in [1.82, 2.24) is 0 Å². The Morgan fingerprint density at radius 3 is 1.75 bits per heavy atom. The first-order chi connectivity index (χ1) is 9.57. The summed E-state index contributed by atoms with van der Waals surface area (Å²) in [6.45, 7) is 3.57. The van der Waals surface area contributed by atoms with Gasteiger partial charge in [0.25, 0.3) is 0 Å². The fraction of sp³-hybridized carbons (Fsp3) is 0.706. The van der Waals surface area contributed by atoms with E-state index in [0.29, 0.717) is 6.42 Å². The summed E-state index contributed by atoms with van der Waals surface area (Å²) in [6, 6.07) is 0. The van der Waals surface area contributed by atoms with E-state index >= 15 is 0 Å². The second-order valence-corrected chi connectivity index (χ2v) is 5.31. The summed E-state index contributed by atoms with van der Waals surface area (Å²) in [5.41, 5.74) is 0. The normalized spacial score (nSPS) is 10.9. The molecule has 0 aromatic rings. The third-order valence-electron chi connectivity index (χ3n) is 3.25. The zero-order valence-electron chi connectivity index (χ0n) is 13.0. The largest absolute Gasteiger partial charge is 0.295 e. The summed E-state index contributed by atoms with van der Waals surface area (Å²) in [5, 5.41) is 0. The molecular weight excluding hydrogens is 252 g/mol. The van der Waals surface area contributed by atoms with Gasteiger partial charge in [-0.2, -0.15) is 0 Å². The van der Waals surface area contributed by atoms with E-state index < -0.39 is 5.78 Å². The molecule has 0 aliphatic carbocycles. The molecule has 0 spiro atoms. The molecule has 0 aromatic heterocycles. The molecule has 0 aliphatic rings. The summed E-state index contributed by atoms with van der Waals surface area (Å²) >= 11 is 0. The summed E-state index contributed by atoms with van der Waals surface area (Å²) in [4.78, 5) is 33.4. The van der Waals surface area contributed by atoms with Crippen LogP contribution in [0.3, 0.4) is 0 Å². The van der Waals surface area contributed by atoms with E-state index in [0.717, 1.165) is 31.4 Å². The molecule has 0 atom stereocenters. The van der Waals surface area contributed by atoms with E-state index in [2.05, 4.69) is 6.92 Å². The van der Waals surface area contributed by atoms with Gasteiger partial charge >= 0.3 is 0 Å². The molecule has 0 aliphatic heterocycles. The monoisotopic (exact) mass is 280 g/mol. The highest BCUT2D eigenvalue weighted by Gasteiger charge is 2.09. The first-order valence-corrected chi connectivity index (χ1v) is 7.83. The average molecular weight is 280 g/mol. The number of carbonyl (C=O) groups is 3. The van der Waals surface area contributed by atoms with Crippen molar-refractivity contribution in [2.24, 2.45) is 0 Å².